The van der Waals surface area contributed by atoms with Crippen molar-refractivity contribution in [3.63, 3.8) is 0 Å². The lowest BCUT2D eigenvalue weighted by Gasteiger charge is -2.18. The Bertz CT molecular complexity index is 1020. The minimum atomic E-state index is -1.05. The average Bonchev–Trinajstić information content (AvgIpc) is 3.21. The molecule has 0 aliphatic rings. The van der Waals surface area contributed by atoms with Gasteiger partial charge >= 0.3 is 5.97 Å². The summed E-state index contributed by atoms with van der Waals surface area (Å²) in [5.74, 6) is 0.534. The zero-order chi connectivity index (χ0) is 20.4. The first-order valence-corrected chi connectivity index (χ1v) is 8.63. The van der Waals surface area contributed by atoms with Crippen molar-refractivity contribution in [2.75, 3.05) is 18.6 Å². The van der Waals surface area contributed by atoms with E-state index in [2.05, 4.69) is 5.16 Å². The Morgan fingerprint density at radius 2 is 1.86 bits per heavy atom. The van der Waals surface area contributed by atoms with Crippen molar-refractivity contribution in [3.05, 3.63) is 59.1 Å². The number of aryl methyl sites for hydroxylation is 2. The summed E-state index contributed by atoms with van der Waals surface area (Å²) in [5, 5.41) is 12.7. The molecule has 0 radical (unpaired) electrons. The van der Waals surface area contributed by atoms with E-state index in [0.29, 0.717) is 28.6 Å². The van der Waals surface area contributed by atoms with Gasteiger partial charge in [-0.1, -0.05) is 5.16 Å². The fourth-order valence-corrected chi connectivity index (χ4v) is 3.00. The lowest BCUT2D eigenvalue weighted by Crippen LogP contribution is -2.26. The maximum absolute atomic E-state index is 13.0. The highest BCUT2D eigenvalue weighted by Crippen LogP contribution is 2.25. The first-order valence-electron chi connectivity index (χ1n) is 8.63. The van der Waals surface area contributed by atoms with Gasteiger partial charge in [-0.25, -0.2) is 4.79 Å². The molecule has 146 valence electrons. The molecule has 0 fully saturated rings. The summed E-state index contributed by atoms with van der Waals surface area (Å²) >= 11 is 0. The van der Waals surface area contributed by atoms with Gasteiger partial charge in [-0.05, 0) is 51.1 Å². The van der Waals surface area contributed by atoms with Gasteiger partial charge in [0.05, 0.1) is 5.56 Å². The van der Waals surface area contributed by atoms with Crippen LogP contribution < -0.4 is 9.64 Å². The molecule has 0 aliphatic heterocycles. The Kier molecular flexibility index (Phi) is 5.21. The number of carbonyl (C=O) groups excluding carboxylic acids is 1. The molecule has 0 saturated heterocycles. The number of carbonyl (C=O) groups is 2. The normalized spacial score (nSPS) is 10.7. The number of aliphatic carboxylic acids is 1. The Hall–Kier alpha value is -3.55. The van der Waals surface area contributed by atoms with Crippen LogP contribution in [0.25, 0.3) is 5.82 Å². The molecule has 8 heteroatoms. The number of anilines is 1. The van der Waals surface area contributed by atoms with Crippen LogP contribution >= 0.6 is 0 Å². The van der Waals surface area contributed by atoms with E-state index in [1.54, 1.807) is 31.3 Å². The fraction of sp³-hybridized carbons (Fsp3) is 0.250. The summed E-state index contributed by atoms with van der Waals surface area (Å²) in [7, 11) is 1.68. The molecule has 0 unspecified atom stereocenters. The summed E-state index contributed by atoms with van der Waals surface area (Å²) in [4.78, 5) is 25.1. The van der Waals surface area contributed by atoms with Crippen LogP contribution in [0.5, 0.6) is 5.75 Å². The quantitative estimate of drug-likeness (QED) is 0.702. The van der Waals surface area contributed by atoms with Crippen LogP contribution in [0.15, 0.2) is 40.9 Å². The Labute approximate surface area is 161 Å². The number of carboxylic acid groups (broad SMARTS) is 1. The minimum absolute atomic E-state index is 0.168. The zero-order valence-corrected chi connectivity index (χ0v) is 16.1. The van der Waals surface area contributed by atoms with E-state index in [1.807, 2.05) is 37.5 Å². The van der Waals surface area contributed by atoms with Crippen molar-refractivity contribution >= 4 is 17.6 Å². The van der Waals surface area contributed by atoms with Crippen molar-refractivity contribution in [3.8, 4) is 11.6 Å². The molecule has 1 N–H and O–H groups in total. The predicted octanol–water partition coefficient (Wildman–Crippen LogP) is 3.13. The second-order valence-electron chi connectivity index (χ2n) is 6.46. The van der Waals surface area contributed by atoms with Crippen LogP contribution in [0.1, 0.15) is 27.5 Å². The number of hydrogen-bond donors (Lipinski definition) is 1. The maximum Gasteiger partial charge on any atom is 0.341 e. The van der Waals surface area contributed by atoms with Crippen LogP contribution in [0, 0.1) is 20.8 Å². The van der Waals surface area contributed by atoms with Gasteiger partial charge in [0, 0.05) is 30.2 Å². The molecule has 0 bridgehead atoms. The molecule has 2 aromatic heterocycles. The third kappa shape index (κ3) is 3.75. The largest absolute Gasteiger partial charge is 0.482 e. The minimum Gasteiger partial charge on any atom is -0.482 e. The van der Waals surface area contributed by atoms with Crippen LogP contribution in [0.2, 0.25) is 0 Å². The first-order chi connectivity index (χ1) is 13.3. The average molecular weight is 383 g/mol. The van der Waals surface area contributed by atoms with Crippen molar-refractivity contribution in [1.29, 1.82) is 0 Å². The molecule has 0 atom stereocenters. The summed E-state index contributed by atoms with van der Waals surface area (Å²) in [6, 6.07) is 10.3. The van der Waals surface area contributed by atoms with Crippen molar-refractivity contribution in [1.82, 2.24) is 9.72 Å². The first kappa shape index (κ1) is 19.2. The Balaban J connectivity index is 1.83. The van der Waals surface area contributed by atoms with Crippen LogP contribution in [0.3, 0.4) is 0 Å². The van der Waals surface area contributed by atoms with Crippen molar-refractivity contribution in [2.24, 2.45) is 0 Å². The second-order valence-corrected chi connectivity index (χ2v) is 6.46. The topological polar surface area (TPSA) is 97.8 Å². The van der Waals surface area contributed by atoms with Crippen molar-refractivity contribution in [2.45, 2.75) is 20.8 Å². The van der Waals surface area contributed by atoms with Crippen LogP contribution in [-0.2, 0) is 4.79 Å². The standard InChI is InChI=1S/C20H21N3O5/c1-12-9-17(14(3)23(12)18-10-13(2)28-21-18)20(26)22(4)15-5-7-16(8-6-15)27-11-19(24)25/h5-10H,11H2,1-4H3,(H,24,25). The van der Waals surface area contributed by atoms with Gasteiger partial charge in [-0.2, -0.15) is 0 Å². The van der Waals surface area contributed by atoms with Crippen LogP contribution in [0.4, 0.5) is 5.69 Å². The SMILES string of the molecule is Cc1cc(-n2c(C)cc(C(=O)N(C)c3ccc(OCC(=O)O)cc3)c2C)no1. The number of benzene rings is 1. The number of rotatable bonds is 6. The molecular weight excluding hydrogens is 362 g/mol. The molecule has 0 aliphatic carbocycles. The van der Waals surface area contributed by atoms with E-state index in [9.17, 15) is 9.59 Å². The monoisotopic (exact) mass is 383 g/mol. The van der Waals surface area contributed by atoms with Gasteiger partial charge in [-0.15, -0.1) is 0 Å². The summed E-state index contributed by atoms with van der Waals surface area (Å²) in [6.45, 7) is 5.17. The summed E-state index contributed by atoms with van der Waals surface area (Å²) in [5.41, 5.74) is 2.87. The van der Waals surface area contributed by atoms with E-state index in [0.717, 1.165) is 11.4 Å². The molecule has 3 rings (SSSR count). The van der Waals surface area contributed by atoms with Crippen molar-refractivity contribution < 1.29 is 24.0 Å². The highest BCUT2D eigenvalue weighted by molar-refractivity contribution is 6.06. The lowest BCUT2D eigenvalue weighted by atomic mass is 10.2. The molecule has 2 heterocycles. The second kappa shape index (κ2) is 7.59. The molecule has 8 nitrogen and oxygen atoms in total. The van der Waals surface area contributed by atoms with Gasteiger partial charge in [0.1, 0.15) is 11.5 Å². The number of carboxylic acids is 1. The van der Waals surface area contributed by atoms with E-state index >= 15 is 0 Å². The van der Waals surface area contributed by atoms with E-state index in [1.165, 1.54) is 4.90 Å². The molecule has 28 heavy (non-hydrogen) atoms. The predicted molar refractivity (Wildman–Crippen MR) is 102 cm³/mol. The van der Waals surface area contributed by atoms with Gasteiger partial charge in [0.25, 0.3) is 5.91 Å². The highest BCUT2D eigenvalue weighted by Gasteiger charge is 2.22. The molecule has 1 aromatic carbocycles. The van der Waals surface area contributed by atoms with E-state index < -0.39 is 12.6 Å². The van der Waals surface area contributed by atoms with E-state index in [-0.39, 0.29) is 5.91 Å². The number of hydrogen-bond acceptors (Lipinski definition) is 5. The number of amides is 1. The van der Waals surface area contributed by atoms with Gasteiger partial charge in [0.15, 0.2) is 12.4 Å². The van der Waals surface area contributed by atoms with Gasteiger partial charge in [0.2, 0.25) is 0 Å². The van der Waals surface area contributed by atoms with Gasteiger partial charge < -0.3 is 19.3 Å². The highest BCUT2D eigenvalue weighted by atomic mass is 16.5. The molecular formula is C20H21N3O5. The number of nitrogens with zero attached hydrogens (tertiary/aromatic N) is 3. The maximum atomic E-state index is 13.0. The lowest BCUT2D eigenvalue weighted by molar-refractivity contribution is -0.139. The molecule has 3 aromatic rings. The third-order valence-corrected chi connectivity index (χ3v) is 4.40. The smallest absolute Gasteiger partial charge is 0.341 e. The molecule has 1 amide bonds. The van der Waals surface area contributed by atoms with Gasteiger partial charge in [-0.3, -0.25) is 9.36 Å². The zero-order valence-electron chi connectivity index (χ0n) is 16.1. The Morgan fingerprint density at radius 3 is 2.43 bits per heavy atom. The summed E-state index contributed by atoms with van der Waals surface area (Å²) in [6.07, 6.45) is 0. The number of aromatic nitrogens is 2. The third-order valence-electron chi connectivity index (χ3n) is 4.40. The number of ether oxygens (including phenoxy) is 1. The van der Waals surface area contributed by atoms with Crippen LogP contribution in [-0.4, -0.2) is 40.4 Å². The Morgan fingerprint density at radius 1 is 1.18 bits per heavy atom. The summed E-state index contributed by atoms with van der Waals surface area (Å²) < 4.78 is 12.1. The molecule has 0 spiro atoms. The van der Waals surface area contributed by atoms with E-state index in [4.69, 9.17) is 14.4 Å². The fourth-order valence-electron chi connectivity index (χ4n) is 3.00. The molecule has 0 saturated carbocycles.